The normalized spacial score (nSPS) is 13.4. The average Bonchev–Trinajstić information content (AvgIpc) is 3.42. The zero-order chi connectivity index (χ0) is 58.4. The standard InChI is InChI=1S/C70H132NO8P/c1-6-8-10-12-14-16-18-20-22-24-26-28-29-30-31-32-33-34-35-36-37-38-39-40-41-43-45-47-49-51-53-55-57-59-61-63-70(73)79-68(67-78-80(74,75)77-65-64-71(3,4)5)66-76-69(72)62-60-58-56-54-52-50-48-46-44-42-27-25-23-21-19-17-15-13-11-9-7-2/h8,10,14,16,20,22,26,28,68H,6-7,9,11-13,15,17-19,21,23-25,27,29-67H2,1-5H3/b10-8-,16-14-,22-20-,28-26-. The number of carbonyl (C=O) groups is 2. The van der Waals surface area contributed by atoms with E-state index in [1.165, 1.54) is 244 Å². The van der Waals surface area contributed by atoms with Crippen molar-refractivity contribution in [1.29, 1.82) is 0 Å². The lowest BCUT2D eigenvalue weighted by molar-refractivity contribution is -0.870. The number of hydrogen-bond donors (Lipinski definition) is 0. The Morgan fingerprint density at radius 2 is 0.713 bits per heavy atom. The molecule has 10 heteroatoms. The van der Waals surface area contributed by atoms with E-state index in [4.69, 9.17) is 18.5 Å². The summed E-state index contributed by atoms with van der Waals surface area (Å²) in [4.78, 5) is 38.0. The highest BCUT2D eigenvalue weighted by Gasteiger charge is 2.22. The summed E-state index contributed by atoms with van der Waals surface area (Å²) in [5, 5.41) is 0. The highest BCUT2D eigenvalue weighted by Crippen LogP contribution is 2.38. The average molecular weight is 1150 g/mol. The van der Waals surface area contributed by atoms with Crippen molar-refractivity contribution < 1.29 is 42.1 Å². The van der Waals surface area contributed by atoms with Crippen molar-refractivity contribution in [2.75, 3.05) is 47.5 Å². The first-order valence-electron chi connectivity index (χ1n) is 34.3. The summed E-state index contributed by atoms with van der Waals surface area (Å²) < 4.78 is 34.3. The van der Waals surface area contributed by atoms with E-state index in [2.05, 4.69) is 62.5 Å². The van der Waals surface area contributed by atoms with Crippen LogP contribution in [0.2, 0.25) is 0 Å². The molecule has 0 aliphatic rings. The van der Waals surface area contributed by atoms with E-state index in [1.54, 1.807) is 0 Å². The van der Waals surface area contributed by atoms with E-state index < -0.39 is 26.5 Å². The Bertz CT molecular complexity index is 1490. The SMILES string of the molecule is CC/C=C\C/C=C\C/C=C\C/C=C\CCCCCCCCCCCCCCCCCCCCCCCCC(=O)OC(COC(=O)CCCCCCCCCCCCCCCCCCCCCCC)COP(=O)([O-])OCC[N+](C)(C)C. The molecule has 0 rings (SSSR count). The van der Waals surface area contributed by atoms with Crippen LogP contribution in [0.25, 0.3) is 0 Å². The third-order valence-corrected chi connectivity index (χ3v) is 16.3. The first-order chi connectivity index (χ1) is 39.0. The van der Waals surface area contributed by atoms with Gasteiger partial charge in [-0.05, 0) is 51.4 Å². The summed E-state index contributed by atoms with van der Waals surface area (Å²) in [6, 6.07) is 0. The Labute approximate surface area is 496 Å². The Morgan fingerprint density at radius 1 is 0.400 bits per heavy atom. The van der Waals surface area contributed by atoms with Crippen molar-refractivity contribution in [1.82, 2.24) is 0 Å². The molecule has 0 aliphatic heterocycles. The molecule has 0 radical (unpaired) electrons. The fourth-order valence-corrected chi connectivity index (χ4v) is 10.9. The number of quaternary nitrogens is 1. The number of carbonyl (C=O) groups excluding carboxylic acids is 2. The number of allylic oxidation sites excluding steroid dienone is 8. The van der Waals surface area contributed by atoms with Gasteiger partial charge in [0, 0.05) is 12.8 Å². The van der Waals surface area contributed by atoms with Gasteiger partial charge in [-0.25, -0.2) is 0 Å². The van der Waals surface area contributed by atoms with E-state index in [1.807, 2.05) is 21.1 Å². The van der Waals surface area contributed by atoms with Gasteiger partial charge in [-0.15, -0.1) is 0 Å². The summed E-state index contributed by atoms with van der Waals surface area (Å²) in [7, 11) is 1.19. The van der Waals surface area contributed by atoms with Crippen LogP contribution in [0, 0.1) is 0 Å². The monoisotopic (exact) mass is 1150 g/mol. The lowest BCUT2D eigenvalue weighted by Gasteiger charge is -2.28. The minimum Gasteiger partial charge on any atom is -0.756 e. The Morgan fingerprint density at radius 3 is 1.06 bits per heavy atom. The second kappa shape index (κ2) is 61.5. The first kappa shape index (κ1) is 78.0. The van der Waals surface area contributed by atoms with Crippen molar-refractivity contribution in [3.05, 3.63) is 48.6 Å². The van der Waals surface area contributed by atoms with Gasteiger partial charge in [-0.3, -0.25) is 14.2 Å². The van der Waals surface area contributed by atoms with Crippen LogP contribution in [0.3, 0.4) is 0 Å². The maximum Gasteiger partial charge on any atom is 0.306 e. The highest BCUT2D eigenvalue weighted by atomic mass is 31.2. The number of likely N-dealkylation sites (N-methyl/N-ethyl adjacent to an activating group) is 1. The third kappa shape index (κ3) is 65.1. The summed E-state index contributed by atoms with van der Waals surface area (Å²) in [6.45, 7) is 4.19. The van der Waals surface area contributed by atoms with E-state index in [0.29, 0.717) is 17.4 Å². The molecule has 0 aromatic carbocycles. The molecular weight excluding hydrogens is 1010 g/mol. The quantitative estimate of drug-likeness (QED) is 0.0195. The number of rotatable bonds is 64. The molecule has 80 heavy (non-hydrogen) atoms. The van der Waals surface area contributed by atoms with Crippen LogP contribution >= 0.6 is 7.82 Å². The molecule has 0 spiro atoms. The lowest BCUT2D eigenvalue weighted by atomic mass is 10.0. The third-order valence-electron chi connectivity index (χ3n) is 15.4. The van der Waals surface area contributed by atoms with E-state index in [-0.39, 0.29) is 32.0 Å². The molecule has 0 amide bonds. The Balaban J connectivity index is 3.97. The van der Waals surface area contributed by atoms with Crippen LogP contribution < -0.4 is 4.89 Å². The predicted octanol–water partition coefficient (Wildman–Crippen LogP) is 21.4. The molecule has 0 aromatic rings. The first-order valence-corrected chi connectivity index (χ1v) is 35.8. The van der Waals surface area contributed by atoms with E-state index in [9.17, 15) is 19.0 Å². The molecule has 9 nitrogen and oxygen atoms in total. The minimum absolute atomic E-state index is 0.0277. The number of phosphoric ester groups is 1. The molecule has 2 unspecified atom stereocenters. The topological polar surface area (TPSA) is 111 Å². The number of esters is 2. The Hall–Kier alpha value is -2.03. The fourth-order valence-electron chi connectivity index (χ4n) is 10.1. The van der Waals surface area contributed by atoms with Gasteiger partial charge in [0.25, 0.3) is 7.82 Å². The highest BCUT2D eigenvalue weighted by molar-refractivity contribution is 7.45. The molecule has 0 aliphatic carbocycles. The minimum atomic E-state index is -4.64. The van der Waals surface area contributed by atoms with Crippen LogP contribution in [0.4, 0.5) is 0 Å². The lowest BCUT2D eigenvalue weighted by Crippen LogP contribution is -2.37. The number of phosphoric acid groups is 1. The second-order valence-electron chi connectivity index (χ2n) is 24.5. The van der Waals surface area contributed by atoms with Gasteiger partial charge in [0.1, 0.15) is 19.8 Å². The van der Waals surface area contributed by atoms with Crippen LogP contribution in [-0.4, -0.2) is 70.0 Å². The van der Waals surface area contributed by atoms with Gasteiger partial charge in [0.15, 0.2) is 6.10 Å². The number of nitrogens with zero attached hydrogens (tertiary/aromatic N) is 1. The smallest absolute Gasteiger partial charge is 0.306 e. The van der Waals surface area contributed by atoms with Gasteiger partial charge >= 0.3 is 11.9 Å². The van der Waals surface area contributed by atoms with Gasteiger partial charge in [-0.1, -0.05) is 319 Å². The molecule has 0 bridgehead atoms. The number of unbranched alkanes of at least 4 members (excludes halogenated alkanes) is 42. The van der Waals surface area contributed by atoms with E-state index >= 15 is 0 Å². The Kier molecular flexibility index (Phi) is 60.0. The van der Waals surface area contributed by atoms with Crippen molar-refractivity contribution >= 4 is 19.8 Å². The molecule has 0 heterocycles. The number of ether oxygens (including phenoxy) is 2. The fraction of sp³-hybridized carbons (Fsp3) is 0.857. The van der Waals surface area contributed by atoms with Crippen molar-refractivity contribution in [3.8, 4) is 0 Å². The maximum atomic E-state index is 12.9. The van der Waals surface area contributed by atoms with E-state index in [0.717, 1.165) is 57.8 Å². The van der Waals surface area contributed by atoms with Gasteiger partial charge in [-0.2, -0.15) is 0 Å². The maximum absolute atomic E-state index is 12.9. The summed E-state index contributed by atoms with van der Waals surface area (Å²) >= 11 is 0. The van der Waals surface area contributed by atoms with Crippen molar-refractivity contribution in [2.24, 2.45) is 0 Å². The largest absolute Gasteiger partial charge is 0.756 e. The zero-order valence-corrected chi connectivity index (χ0v) is 54.4. The zero-order valence-electron chi connectivity index (χ0n) is 53.5. The van der Waals surface area contributed by atoms with Gasteiger partial charge in [0.2, 0.25) is 0 Å². The van der Waals surface area contributed by atoms with Crippen molar-refractivity contribution in [2.45, 2.75) is 341 Å². The molecule has 0 saturated heterocycles. The summed E-state index contributed by atoms with van der Waals surface area (Å²) in [5.74, 6) is -0.811. The number of hydrogen-bond acceptors (Lipinski definition) is 8. The van der Waals surface area contributed by atoms with Gasteiger partial charge in [0.05, 0.1) is 27.7 Å². The van der Waals surface area contributed by atoms with Gasteiger partial charge < -0.3 is 27.9 Å². The molecule has 0 fully saturated rings. The molecule has 470 valence electrons. The molecule has 0 aromatic heterocycles. The molecule has 0 N–H and O–H groups in total. The summed E-state index contributed by atoms with van der Waals surface area (Å²) in [5.41, 5.74) is 0. The molecule has 0 saturated carbocycles. The van der Waals surface area contributed by atoms with Crippen LogP contribution in [0.5, 0.6) is 0 Å². The molecular formula is C70H132NO8P. The van der Waals surface area contributed by atoms with Crippen LogP contribution in [0.1, 0.15) is 335 Å². The predicted molar refractivity (Wildman–Crippen MR) is 342 cm³/mol. The summed E-state index contributed by atoms with van der Waals surface area (Å²) in [6.07, 6.45) is 79.1. The second-order valence-corrected chi connectivity index (χ2v) is 25.9. The van der Waals surface area contributed by atoms with Crippen LogP contribution in [-0.2, 0) is 32.7 Å². The van der Waals surface area contributed by atoms with Crippen LogP contribution in [0.15, 0.2) is 48.6 Å². The van der Waals surface area contributed by atoms with Crippen molar-refractivity contribution in [3.63, 3.8) is 0 Å². The molecule has 2 atom stereocenters.